The molecule has 0 bridgehead atoms. The molecule has 0 unspecified atom stereocenters. The van der Waals surface area contributed by atoms with Crippen molar-refractivity contribution in [2.75, 3.05) is 26.3 Å². The van der Waals surface area contributed by atoms with E-state index in [1.807, 2.05) is 6.07 Å². The number of benzene rings is 2. The third-order valence-corrected chi connectivity index (χ3v) is 6.06. The third-order valence-electron chi connectivity index (χ3n) is 5.81. The smallest absolute Gasteiger partial charge is 0.273 e. The van der Waals surface area contributed by atoms with Gasteiger partial charge in [0.05, 0.1) is 30.4 Å². The first-order chi connectivity index (χ1) is 16.0. The number of hydrogen-bond donors (Lipinski definition) is 1. The van der Waals surface area contributed by atoms with Gasteiger partial charge in [-0.3, -0.25) is 23.7 Å². The van der Waals surface area contributed by atoms with E-state index in [4.69, 9.17) is 16.3 Å². The fourth-order valence-corrected chi connectivity index (χ4v) is 4.24. The number of rotatable bonds is 5. The lowest BCUT2D eigenvalue weighted by Crippen LogP contribution is -2.35. The summed E-state index contributed by atoms with van der Waals surface area (Å²) >= 11 is 5.90. The molecule has 1 saturated heterocycles. The standard InChI is InChI=1S/C24H21ClN4O4/c25-17-3-1-15(2-4-17)11-27-24(32)19-14-29-21(30)12-26-20-10-16(9-18(22(20)29)23(19)31)13-28-5-7-33-8-6-28/h1-4,9-10,12,14H,5-8,11,13H2,(H,27,32). The number of nitrogens with one attached hydrogen (secondary N) is 1. The number of nitrogens with zero attached hydrogens (tertiary/aromatic N) is 3. The number of carbonyl (C=O) groups is 1. The van der Waals surface area contributed by atoms with Crippen LogP contribution in [0.1, 0.15) is 21.5 Å². The molecule has 0 saturated carbocycles. The summed E-state index contributed by atoms with van der Waals surface area (Å²) in [4.78, 5) is 45.2. The van der Waals surface area contributed by atoms with Crippen molar-refractivity contribution < 1.29 is 9.53 Å². The minimum Gasteiger partial charge on any atom is -0.379 e. The van der Waals surface area contributed by atoms with Crippen molar-refractivity contribution in [3.63, 3.8) is 0 Å². The first-order valence-electron chi connectivity index (χ1n) is 10.6. The molecular formula is C24H21ClN4O4. The number of aromatic nitrogens is 2. The van der Waals surface area contributed by atoms with E-state index in [-0.39, 0.29) is 12.1 Å². The Bertz CT molecular complexity index is 1450. The second-order valence-corrected chi connectivity index (χ2v) is 8.48. The molecule has 1 aliphatic heterocycles. The summed E-state index contributed by atoms with van der Waals surface area (Å²) in [5.74, 6) is -0.545. The monoisotopic (exact) mass is 464 g/mol. The van der Waals surface area contributed by atoms with Gasteiger partial charge in [-0.25, -0.2) is 4.98 Å². The average molecular weight is 465 g/mol. The van der Waals surface area contributed by atoms with Crippen LogP contribution in [0.15, 0.2) is 58.4 Å². The normalized spacial score (nSPS) is 14.7. The zero-order chi connectivity index (χ0) is 22.9. The van der Waals surface area contributed by atoms with Gasteiger partial charge in [-0.2, -0.15) is 0 Å². The average Bonchev–Trinajstić information content (AvgIpc) is 2.82. The number of morpholine rings is 1. The van der Waals surface area contributed by atoms with E-state index in [2.05, 4.69) is 15.2 Å². The second-order valence-electron chi connectivity index (χ2n) is 8.05. The van der Waals surface area contributed by atoms with Crippen molar-refractivity contribution >= 4 is 33.9 Å². The highest BCUT2D eigenvalue weighted by molar-refractivity contribution is 6.30. The highest BCUT2D eigenvalue weighted by Crippen LogP contribution is 2.20. The summed E-state index contributed by atoms with van der Waals surface area (Å²) in [6.07, 6.45) is 2.51. The second kappa shape index (κ2) is 8.90. The Balaban J connectivity index is 1.53. The molecule has 9 heteroatoms. The van der Waals surface area contributed by atoms with Gasteiger partial charge in [-0.15, -0.1) is 0 Å². The van der Waals surface area contributed by atoms with Crippen LogP contribution < -0.4 is 16.3 Å². The SMILES string of the molecule is O=C(NCc1ccc(Cl)cc1)c1cn2c(=O)cnc3cc(CN4CCOCC4)cc(c1=O)c32. The molecule has 168 valence electrons. The summed E-state index contributed by atoms with van der Waals surface area (Å²) in [7, 11) is 0. The molecule has 33 heavy (non-hydrogen) atoms. The molecule has 1 N–H and O–H groups in total. The van der Waals surface area contributed by atoms with Gasteiger partial charge in [0.15, 0.2) is 0 Å². The minimum atomic E-state index is -0.545. The molecule has 4 aromatic rings. The Morgan fingerprint density at radius 3 is 2.61 bits per heavy atom. The van der Waals surface area contributed by atoms with Crippen LogP contribution in [0.4, 0.5) is 0 Å². The molecule has 1 fully saturated rings. The third kappa shape index (κ3) is 4.32. The largest absolute Gasteiger partial charge is 0.379 e. The van der Waals surface area contributed by atoms with Crippen molar-refractivity contribution in [2.24, 2.45) is 0 Å². The fourth-order valence-electron chi connectivity index (χ4n) is 4.11. The van der Waals surface area contributed by atoms with Crippen molar-refractivity contribution in [1.82, 2.24) is 19.6 Å². The lowest BCUT2D eigenvalue weighted by atomic mass is 10.1. The van der Waals surface area contributed by atoms with Crippen molar-refractivity contribution in [1.29, 1.82) is 0 Å². The zero-order valence-electron chi connectivity index (χ0n) is 17.7. The van der Waals surface area contributed by atoms with Gasteiger partial charge < -0.3 is 10.1 Å². The number of carbonyl (C=O) groups excluding carboxylic acids is 1. The fraction of sp³-hybridized carbons (Fsp3) is 0.250. The maximum absolute atomic E-state index is 13.3. The summed E-state index contributed by atoms with van der Waals surface area (Å²) in [6.45, 7) is 3.78. The van der Waals surface area contributed by atoms with Crippen LogP contribution >= 0.6 is 11.6 Å². The Labute approximate surface area is 193 Å². The number of pyridine rings is 1. The quantitative estimate of drug-likeness (QED) is 0.486. The van der Waals surface area contributed by atoms with Gasteiger partial charge in [0.2, 0.25) is 5.43 Å². The van der Waals surface area contributed by atoms with Crippen molar-refractivity contribution in [3.8, 4) is 0 Å². The van der Waals surface area contributed by atoms with Crippen LogP contribution in [0.3, 0.4) is 0 Å². The highest BCUT2D eigenvalue weighted by Gasteiger charge is 2.19. The topological polar surface area (TPSA) is 93.0 Å². The van der Waals surface area contributed by atoms with Crippen LogP contribution in [0.25, 0.3) is 16.4 Å². The lowest BCUT2D eigenvalue weighted by molar-refractivity contribution is 0.0342. The van der Waals surface area contributed by atoms with Crippen LogP contribution in [-0.2, 0) is 17.8 Å². The van der Waals surface area contributed by atoms with Crippen LogP contribution in [0, 0.1) is 0 Å². The number of hydrogen-bond acceptors (Lipinski definition) is 6. The molecule has 0 radical (unpaired) electrons. The summed E-state index contributed by atoms with van der Waals surface area (Å²) < 4.78 is 6.73. The van der Waals surface area contributed by atoms with Gasteiger partial charge in [-0.1, -0.05) is 23.7 Å². The van der Waals surface area contributed by atoms with Gasteiger partial charge in [0, 0.05) is 42.8 Å². The summed E-state index contributed by atoms with van der Waals surface area (Å²) in [5.41, 5.74) is 1.79. The molecule has 0 atom stereocenters. The molecule has 2 aromatic heterocycles. The number of amides is 1. The van der Waals surface area contributed by atoms with Crippen LogP contribution in [0.2, 0.25) is 5.02 Å². The van der Waals surface area contributed by atoms with E-state index in [1.165, 1.54) is 16.8 Å². The maximum atomic E-state index is 13.3. The molecule has 1 aliphatic rings. The van der Waals surface area contributed by atoms with Crippen LogP contribution in [-0.4, -0.2) is 46.5 Å². The Kier molecular flexibility index (Phi) is 5.80. The Hall–Kier alpha value is -3.33. The predicted molar refractivity (Wildman–Crippen MR) is 125 cm³/mol. The van der Waals surface area contributed by atoms with E-state index in [1.54, 1.807) is 30.3 Å². The zero-order valence-corrected chi connectivity index (χ0v) is 18.5. The van der Waals surface area contributed by atoms with Crippen LogP contribution in [0.5, 0.6) is 0 Å². The number of halogens is 1. The minimum absolute atomic E-state index is 0.0883. The Morgan fingerprint density at radius 2 is 1.85 bits per heavy atom. The maximum Gasteiger partial charge on any atom is 0.273 e. The Morgan fingerprint density at radius 1 is 1.09 bits per heavy atom. The molecule has 3 heterocycles. The van der Waals surface area contributed by atoms with Crippen molar-refractivity contribution in [3.05, 3.63) is 91.1 Å². The van der Waals surface area contributed by atoms with Gasteiger partial charge in [-0.05, 0) is 35.4 Å². The first kappa shape index (κ1) is 21.5. The molecule has 8 nitrogen and oxygen atoms in total. The van der Waals surface area contributed by atoms with Gasteiger partial charge in [0.1, 0.15) is 5.56 Å². The lowest BCUT2D eigenvalue weighted by Gasteiger charge is -2.26. The van der Waals surface area contributed by atoms with Gasteiger partial charge in [0.25, 0.3) is 11.5 Å². The molecule has 0 aliphatic carbocycles. The number of ether oxygens (including phenoxy) is 1. The van der Waals surface area contributed by atoms with E-state index in [0.717, 1.165) is 24.2 Å². The first-order valence-corrected chi connectivity index (χ1v) is 11.0. The van der Waals surface area contributed by atoms with Gasteiger partial charge >= 0.3 is 0 Å². The molecule has 0 spiro atoms. The summed E-state index contributed by atoms with van der Waals surface area (Å²) in [6, 6.07) is 10.7. The van der Waals surface area contributed by atoms with E-state index in [0.29, 0.717) is 41.2 Å². The van der Waals surface area contributed by atoms with Crippen molar-refractivity contribution in [2.45, 2.75) is 13.1 Å². The molecule has 5 rings (SSSR count). The molecule has 2 aromatic carbocycles. The molecule has 1 amide bonds. The summed E-state index contributed by atoms with van der Waals surface area (Å²) in [5, 5.41) is 3.66. The highest BCUT2D eigenvalue weighted by atomic mass is 35.5. The van der Waals surface area contributed by atoms with E-state index >= 15 is 0 Å². The predicted octanol–water partition coefficient (Wildman–Crippen LogP) is 2.06. The van der Waals surface area contributed by atoms with E-state index < -0.39 is 16.9 Å². The van der Waals surface area contributed by atoms with E-state index in [9.17, 15) is 14.4 Å². The molecular weight excluding hydrogens is 444 g/mol.